The summed E-state index contributed by atoms with van der Waals surface area (Å²) in [6, 6.07) is 3.17. The lowest BCUT2D eigenvalue weighted by Gasteiger charge is -2.16. The van der Waals surface area contributed by atoms with E-state index in [0.717, 1.165) is 25.0 Å². The summed E-state index contributed by atoms with van der Waals surface area (Å²) in [5.74, 6) is -7.42. The summed E-state index contributed by atoms with van der Waals surface area (Å²) < 4.78 is 38.2. The fourth-order valence-corrected chi connectivity index (χ4v) is 1.83. The Morgan fingerprint density at radius 3 is 2.48 bits per heavy atom. The molecule has 0 unspecified atom stereocenters. The van der Waals surface area contributed by atoms with Gasteiger partial charge in [0.05, 0.1) is 18.2 Å². The number of unbranched alkanes of at least 4 members (excludes halogenated alkanes) is 1. The predicted molar refractivity (Wildman–Crippen MR) is 82.0 cm³/mol. The van der Waals surface area contributed by atoms with Crippen molar-refractivity contribution >= 4 is 23.4 Å². The molecule has 0 aliphatic carbocycles. The van der Waals surface area contributed by atoms with Crippen molar-refractivity contribution in [3.8, 4) is 5.75 Å². The fraction of sp³-hybridized carbons (Fsp3) is 0.500. The highest BCUT2D eigenvalue weighted by Crippen LogP contribution is 2.35. The molecule has 1 aromatic rings. The van der Waals surface area contributed by atoms with Crippen LogP contribution in [0, 0.1) is 0 Å². The molecule has 0 radical (unpaired) electrons. The van der Waals surface area contributed by atoms with Crippen molar-refractivity contribution < 1.29 is 27.8 Å². The first-order chi connectivity index (χ1) is 10.8. The molecule has 0 atom stereocenters. The monoisotopic (exact) mass is 348 g/mol. The summed E-state index contributed by atoms with van der Waals surface area (Å²) in [7, 11) is 0. The van der Waals surface area contributed by atoms with Gasteiger partial charge in [0.15, 0.2) is 0 Å². The molecule has 1 aromatic carbocycles. The van der Waals surface area contributed by atoms with Crippen LogP contribution in [0.3, 0.4) is 0 Å². The maximum absolute atomic E-state index is 14.2. The number of alkyl halides is 2. The lowest BCUT2D eigenvalue weighted by atomic mass is 10.0. The second kappa shape index (κ2) is 8.82. The zero-order chi connectivity index (χ0) is 17.5. The van der Waals surface area contributed by atoms with Crippen LogP contribution in [0.25, 0.3) is 0 Å². The maximum Gasteiger partial charge on any atom is 0.381 e. The van der Waals surface area contributed by atoms with Gasteiger partial charge in [0.25, 0.3) is 0 Å². The SMILES string of the molecule is CCCCOc1cc(C(F)(F)C(=O)C(=O)OCCC)ccc1Cl. The van der Waals surface area contributed by atoms with Crippen LogP contribution in [0.1, 0.15) is 38.7 Å². The molecule has 0 aliphatic heterocycles. The van der Waals surface area contributed by atoms with Gasteiger partial charge in [0, 0.05) is 5.56 Å². The Hall–Kier alpha value is -1.69. The van der Waals surface area contributed by atoms with Crippen LogP contribution in [0.2, 0.25) is 5.02 Å². The van der Waals surface area contributed by atoms with E-state index in [1.165, 1.54) is 6.07 Å². The van der Waals surface area contributed by atoms with E-state index in [1.807, 2.05) is 6.92 Å². The van der Waals surface area contributed by atoms with Crippen LogP contribution >= 0.6 is 11.6 Å². The van der Waals surface area contributed by atoms with Crippen molar-refractivity contribution in [2.24, 2.45) is 0 Å². The van der Waals surface area contributed by atoms with Crippen molar-refractivity contribution in [1.82, 2.24) is 0 Å². The van der Waals surface area contributed by atoms with Gasteiger partial charge in [-0.05, 0) is 25.0 Å². The molecule has 0 spiro atoms. The van der Waals surface area contributed by atoms with Crippen LogP contribution in [0.15, 0.2) is 18.2 Å². The molecule has 0 fully saturated rings. The quantitative estimate of drug-likeness (QED) is 0.382. The first-order valence-corrected chi connectivity index (χ1v) is 7.74. The van der Waals surface area contributed by atoms with Crippen LogP contribution in [0.5, 0.6) is 5.75 Å². The van der Waals surface area contributed by atoms with E-state index >= 15 is 0 Å². The fourth-order valence-electron chi connectivity index (χ4n) is 1.66. The van der Waals surface area contributed by atoms with Gasteiger partial charge in [0.2, 0.25) is 0 Å². The van der Waals surface area contributed by atoms with Gasteiger partial charge in [-0.25, -0.2) is 4.79 Å². The number of ether oxygens (including phenoxy) is 2. The topological polar surface area (TPSA) is 52.6 Å². The molecule has 7 heteroatoms. The van der Waals surface area contributed by atoms with Crippen LogP contribution in [-0.2, 0) is 20.2 Å². The molecule has 0 aromatic heterocycles. The summed E-state index contributed by atoms with van der Waals surface area (Å²) in [6.45, 7) is 3.87. The Morgan fingerprint density at radius 1 is 1.17 bits per heavy atom. The van der Waals surface area contributed by atoms with Gasteiger partial charge in [-0.3, -0.25) is 4.79 Å². The molecule has 0 saturated carbocycles. The molecule has 0 aliphatic rings. The summed E-state index contributed by atoms with van der Waals surface area (Å²) in [6.07, 6.45) is 2.04. The predicted octanol–water partition coefficient (Wildman–Crippen LogP) is 4.13. The molecular formula is C16H19ClF2O4. The summed E-state index contributed by atoms with van der Waals surface area (Å²) >= 11 is 5.89. The highest BCUT2D eigenvalue weighted by atomic mass is 35.5. The lowest BCUT2D eigenvalue weighted by Crippen LogP contribution is -2.34. The minimum Gasteiger partial charge on any atom is -0.492 e. The summed E-state index contributed by atoms with van der Waals surface area (Å²) in [5, 5.41) is 0.154. The zero-order valence-corrected chi connectivity index (χ0v) is 13.8. The molecule has 0 heterocycles. The smallest absolute Gasteiger partial charge is 0.381 e. The van der Waals surface area contributed by atoms with Crippen molar-refractivity contribution in [2.45, 2.75) is 39.0 Å². The average molecular weight is 349 g/mol. The number of Topliss-reactive ketones (excluding diaryl/α,β-unsaturated/α-hetero) is 1. The van der Waals surface area contributed by atoms with E-state index in [1.54, 1.807) is 6.92 Å². The maximum atomic E-state index is 14.2. The number of benzene rings is 1. The standard InChI is InChI=1S/C16H19ClF2O4/c1-3-5-9-22-13-10-11(6-7-12(13)17)16(18,19)14(20)15(21)23-8-4-2/h6-7,10H,3-5,8-9H2,1-2H3. The third-order valence-corrected chi connectivity index (χ3v) is 3.27. The number of halogens is 3. The Balaban J connectivity index is 2.96. The minimum absolute atomic E-state index is 0.0482. The Bertz CT molecular complexity index is 561. The number of rotatable bonds is 9. The Labute approximate surface area is 138 Å². The molecule has 0 bridgehead atoms. The molecule has 1 rings (SSSR count). The van der Waals surface area contributed by atoms with Gasteiger partial charge >= 0.3 is 17.7 Å². The van der Waals surface area contributed by atoms with Gasteiger partial charge in [-0.1, -0.05) is 37.9 Å². The third kappa shape index (κ3) is 5.16. The molecule has 0 N–H and O–H groups in total. The van der Waals surface area contributed by atoms with E-state index in [9.17, 15) is 18.4 Å². The highest BCUT2D eigenvalue weighted by Gasteiger charge is 2.46. The molecule has 0 amide bonds. The largest absolute Gasteiger partial charge is 0.492 e. The molecule has 128 valence electrons. The average Bonchev–Trinajstić information content (AvgIpc) is 2.53. The van der Waals surface area contributed by atoms with Crippen molar-refractivity contribution in [3.63, 3.8) is 0 Å². The number of hydrogen-bond acceptors (Lipinski definition) is 4. The first-order valence-electron chi connectivity index (χ1n) is 7.36. The normalized spacial score (nSPS) is 11.2. The molecule has 23 heavy (non-hydrogen) atoms. The van der Waals surface area contributed by atoms with Crippen molar-refractivity contribution in [1.29, 1.82) is 0 Å². The van der Waals surface area contributed by atoms with E-state index in [4.69, 9.17) is 16.3 Å². The van der Waals surface area contributed by atoms with Crippen LogP contribution in [0.4, 0.5) is 8.78 Å². The van der Waals surface area contributed by atoms with Crippen molar-refractivity contribution in [2.75, 3.05) is 13.2 Å². The Kier molecular flexibility index (Phi) is 7.42. The van der Waals surface area contributed by atoms with Gasteiger partial charge in [-0.2, -0.15) is 8.78 Å². The van der Waals surface area contributed by atoms with Crippen LogP contribution in [-0.4, -0.2) is 25.0 Å². The number of ketones is 1. The number of esters is 1. The first kappa shape index (κ1) is 19.4. The van der Waals surface area contributed by atoms with Crippen molar-refractivity contribution in [3.05, 3.63) is 28.8 Å². The lowest BCUT2D eigenvalue weighted by molar-refractivity contribution is -0.167. The third-order valence-electron chi connectivity index (χ3n) is 2.96. The van der Waals surface area contributed by atoms with E-state index in [-0.39, 0.29) is 17.4 Å². The second-order valence-electron chi connectivity index (χ2n) is 4.89. The van der Waals surface area contributed by atoms with E-state index < -0.39 is 23.2 Å². The number of carbonyl (C=O) groups is 2. The van der Waals surface area contributed by atoms with Crippen LogP contribution < -0.4 is 4.74 Å². The molecular weight excluding hydrogens is 330 g/mol. The molecule has 4 nitrogen and oxygen atoms in total. The summed E-state index contributed by atoms with van der Waals surface area (Å²) in [5.41, 5.74) is -0.660. The second-order valence-corrected chi connectivity index (χ2v) is 5.29. The zero-order valence-electron chi connectivity index (χ0n) is 13.0. The Morgan fingerprint density at radius 2 is 1.87 bits per heavy atom. The molecule has 0 saturated heterocycles. The van der Waals surface area contributed by atoms with E-state index in [0.29, 0.717) is 13.0 Å². The van der Waals surface area contributed by atoms with E-state index in [2.05, 4.69) is 4.74 Å². The summed E-state index contributed by atoms with van der Waals surface area (Å²) in [4.78, 5) is 23.0. The minimum atomic E-state index is -4.00. The van der Waals surface area contributed by atoms with Gasteiger partial charge in [-0.15, -0.1) is 0 Å². The highest BCUT2D eigenvalue weighted by molar-refractivity contribution is 6.36. The van der Waals surface area contributed by atoms with Gasteiger partial charge < -0.3 is 9.47 Å². The number of hydrogen-bond donors (Lipinski definition) is 0. The van der Waals surface area contributed by atoms with Gasteiger partial charge in [0.1, 0.15) is 5.75 Å². The number of carbonyl (C=O) groups excluding carboxylic acids is 2.